The van der Waals surface area contributed by atoms with Crippen molar-refractivity contribution in [3.63, 3.8) is 0 Å². The number of carbonyl (C=O) groups is 2. The lowest BCUT2D eigenvalue weighted by Crippen LogP contribution is -2.40. The summed E-state index contributed by atoms with van der Waals surface area (Å²) in [6, 6.07) is 13.1. The highest BCUT2D eigenvalue weighted by Gasteiger charge is 2.30. The lowest BCUT2D eigenvalue weighted by atomic mass is 10.0. The van der Waals surface area contributed by atoms with Crippen LogP contribution in [0.25, 0.3) is 22.2 Å². The zero-order valence-electron chi connectivity index (χ0n) is 15.7. The molecule has 3 aromatic rings. The molecular formula is C21H22N4O2. The lowest BCUT2D eigenvalue weighted by Gasteiger charge is -2.12. The highest BCUT2D eigenvalue weighted by atomic mass is 16.2. The Kier molecular flexibility index (Phi) is 4.18. The molecule has 0 aliphatic carbocycles. The first kappa shape index (κ1) is 17.3. The smallest absolute Gasteiger partial charge is 0.251 e. The summed E-state index contributed by atoms with van der Waals surface area (Å²) in [6.07, 6.45) is 0.644. The van der Waals surface area contributed by atoms with Gasteiger partial charge in [-0.25, -0.2) is 0 Å². The van der Waals surface area contributed by atoms with Crippen LogP contribution < -0.4 is 5.32 Å². The van der Waals surface area contributed by atoms with Crippen LogP contribution in [0.4, 0.5) is 0 Å². The van der Waals surface area contributed by atoms with Gasteiger partial charge < -0.3 is 10.2 Å². The second kappa shape index (κ2) is 6.54. The maximum atomic E-state index is 12.7. The van der Waals surface area contributed by atoms with Crippen LogP contribution in [0.1, 0.15) is 22.3 Å². The average Bonchev–Trinajstić information content (AvgIpc) is 3.17. The van der Waals surface area contributed by atoms with E-state index in [1.54, 1.807) is 18.0 Å². The van der Waals surface area contributed by atoms with Crippen molar-refractivity contribution in [1.29, 1.82) is 0 Å². The number of benzene rings is 2. The van der Waals surface area contributed by atoms with Crippen LogP contribution in [0.2, 0.25) is 0 Å². The summed E-state index contributed by atoms with van der Waals surface area (Å²) in [6.45, 7) is 2.73. The molecule has 6 nitrogen and oxygen atoms in total. The summed E-state index contributed by atoms with van der Waals surface area (Å²) in [5.41, 5.74) is 4.47. The third kappa shape index (κ3) is 2.97. The van der Waals surface area contributed by atoms with E-state index in [1.807, 2.05) is 42.1 Å². The van der Waals surface area contributed by atoms with E-state index < -0.39 is 6.04 Å². The van der Waals surface area contributed by atoms with Crippen LogP contribution in [0.5, 0.6) is 0 Å². The Hall–Kier alpha value is -3.15. The molecule has 138 valence electrons. The predicted octanol–water partition coefficient (Wildman–Crippen LogP) is 2.51. The molecule has 2 aromatic carbocycles. The van der Waals surface area contributed by atoms with Crippen molar-refractivity contribution in [2.75, 3.05) is 13.6 Å². The summed E-state index contributed by atoms with van der Waals surface area (Å²) in [5, 5.41) is 8.61. The molecule has 1 unspecified atom stereocenters. The lowest BCUT2D eigenvalue weighted by molar-refractivity contribution is -0.128. The van der Waals surface area contributed by atoms with Gasteiger partial charge in [0.1, 0.15) is 11.7 Å². The fraction of sp³-hybridized carbons (Fsp3) is 0.286. The van der Waals surface area contributed by atoms with Crippen molar-refractivity contribution in [2.45, 2.75) is 19.4 Å². The van der Waals surface area contributed by atoms with Crippen molar-refractivity contribution in [1.82, 2.24) is 20.0 Å². The minimum absolute atomic E-state index is 0.0363. The largest absolute Gasteiger partial charge is 0.344 e. The molecule has 1 aliphatic heterocycles. The van der Waals surface area contributed by atoms with E-state index in [-0.39, 0.29) is 11.8 Å². The summed E-state index contributed by atoms with van der Waals surface area (Å²) < 4.78 is 1.86. The SMILES string of the molecule is Cc1cccc2c1c(-c1cccc(C(=O)NC3CCN(C)C3=O)c1)nn2C. The van der Waals surface area contributed by atoms with Gasteiger partial charge in [-0.15, -0.1) is 0 Å². The first-order valence-corrected chi connectivity index (χ1v) is 9.04. The Morgan fingerprint density at radius 2 is 1.96 bits per heavy atom. The van der Waals surface area contributed by atoms with E-state index in [9.17, 15) is 9.59 Å². The second-order valence-corrected chi connectivity index (χ2v) is 7.10. The Labute approximate surface area is 157 Å². The minimum Gasteiger partial charge on any atom is -0.344 e. The molecule has 2 heterocycles. The molecule has 27 heavy (non-hydrogen) atoms. The minimum atomic E-state index is -0.441. The molecule has 4 rings (SSSR count). The zero-order chi connectivity index (χ0) is 19.1. The van der Waals surface area contributed by atoms with Gasteiger partial charge in [0.05, 0.1) is 5.52 Å². The van der Waals surface area contributed by atoms with Crippen LogP contribution in [0.15, 0.2) is 42.5 Å². The number of hydrogen-bond donors (Lipinski definition) is 1. The molecule has 0 bridgehead atoms. The van der Waals surface area contributed by atoms with Crippen molar-refractivity contribution < 1.29 is 9.59 Å². The number of carbonyl (C=O) groups excluding carboxylic acids is 2. The van der Waals surface area contributed by atoms with Crippen molar-refractivity contribution in [3.05, 3.63) is 53.6 Å². The molecule has 6 heteroatoms. The standard InChI is InChI=1S/C21H22N4O2/c1-13-6-4-9-17-18(13)19(23-25(17)3)14-7-5-8-15(12-14)20(26)22-16-10-11-24(2)21(16)27/h4-9,12,16H,10-11H2,1-3H3,(H,22,26). The molecular weight excluding hydrogens is 340 g/mol. The predicted molar refractivity (Wildman–Crippen MR) is 104 cm³/mol. The topological polar surface area (TPSA) is 67.2 Å². The zero-order valence-corrected chi connectivity index (χ0v) is 15.7. The first-order valence-electron chi connectivity index (χ1n) is 9.04. The fourth-order valence-electron chi connectivity index (χ4n) is 3.69. The molecule has 0 radical (unpaired) electrons. The Balaban J connectivity index is 1.68. The van der Waals surface area contributed by atoms with Crippen LogP contribution in [0, 0.1) is 6.92 Å². The highest BCUT2D eigenvalue weighted by Crippen LogP contribution is 2.30. The van der Waals surface area contributed by atoms with Crippen molar-refractivity contribution >= 4 is 22.7 Å². The molecule has 1 N–H and O–H groups in total. The number of likely N-dealkylation sites (N-methyl/N-ethyl adjacent to an activating group) is 1. The summed E-state index contributed by atoms with van der Waals surface area (Å²) in [7, 11) is 3.67. The summed E-state index contributed by atoms with van der Waals surface area (Å²) in [5.74, 6) is -0.270. The van der Waals surface area contributed by atoms with E-state index in [0.717, 1.165) is 27.7 Å². The maximum Gasteiger partial charge on any atom is 0.251 e. The number of nitrogens with one attached hydrogen (secondary N) is 1. The summed E-state index contributed by atoms with van der Waals surface area (Å²) in [4.78, 5) is 26.4. The average molecular weight is 362 g/mol. The van der Waals surface area contributed by atoms with Gasteiger partial charge in [0, 0.05) is 37.2 Å². The van der Waals surface area contributed by atoms with Gasteiger partial charge in [0.15, 0.2) is 0 Å². The number of hydrogen-bond acceptors (Lipinski definition) is 3. The van der Waals surface area contributed by atoms with E-state index in [1.165, 1.54) is 0 Å². The van der Waals surface area contributed by atoms with Crippen molar-refractivity contribution in [2.24, 2.45) is 7.05 Å². The van der Waals surface area contributed by atoms with Gasteiger partial charge in [-0.1, -0.05) is 24.3 Å². The Morgan fingerprint density at radius 1 is 1.19 bits per heavy atom. The van der Waals surface area contributed by atoms with Crippen LogP contribution in [-0.2, 0) is 11.8 Å². The van der Waals surface area contributed by atoms with Gasteiger partial charge in [-0.2, -0.15) is 5.10 Å². The van der Waals surface area contributed by atoms with Crippen LogP contribution >= 0.6 is 0 Å². The second-order valence-electron chi connectivity index (χ2n) is 7.10. The van der Waals surface area contributed by atoms with Crippen LogP contribution in [-0.4, -0.2) is 46.1 Å². The number of amides is 2. The van der Waals surface area contributed by atoms with Gasteiger partial charge in [-0.05, 0) is 37.1 Å². The third-order valence-electron chi connectivity index (χ3n) is 5.22. The summed E-state index contributed by atoms with van der Waals surface area (Å²) >= 11 is 0. The fourth-order valence-corrected chi connectivity index (χ4v) is 3.69. The van der Waals surface area contributed by atoms with E-state index in [2.05, 4.69) is 23.4 Å². The quantitative estimate of drug-likeness (QED) is 0.778. The monoisotopic (exact) mass is 362 g/mol. The number of rotatable bonds is 3. The molecule has 1 saturated heterocycles. The van der Waals surface area contributed by atoms with Gasteiger partial charge >= 0.3 is 0 Å². The normalized spacial score (nSPS) is 16.9. The first-order chi connectivity index (χ1) is 13.0. The van der Waals surface area contributed by atoms with Gasteiger partial charge in [-0.3, -0.25) is 14.3 Å². The maximum absolute atomic E-state index is 12.7. The van der Waals surface area contributed by atoms with Gasteiger partial charge in [0.25, 0.3) is 5.91 Å². The van der Waals surface area contributed by atoms with E-state index in [4.69, 9.17) is 0 Å². The Morgan fingerprint density at radius 3 is 2.70 bits per heavy atom. The number of nitrogens with zero attached hydrogens (tertiary/aromatic N) is 3. The molecule has 1 atom stereocenters. The number of aromatic nitrogens is 2. The number of likely N-dealkylation sites (tertiary alicyclic amines) is 1. The van der Waals surface area contributed by atoms with Crippen molar-refractivity contribution in [3.8, 4) is 11.3 Å². The molecule has 0 spiro atoms. The van der Waals surface area contributed by atoms with Crippen LogP contribution in [0.3, 0.4) is 0 Å². The van der Waals surface area contributed by atoms with Gasteiger partial charge in [0.2, 0.25) is 5.91 Å². The molecule has 2 amide bonds. The molecule has 1 fully saturated rings. The Bertz CT molecular complexity index is 1050. The highest BCUT2D eigenvalue weighted by molar-refractivity contribution is 6.00. The number of aryl methyl sites for hydroxylation is 2. The molecule has 1 aromatic heterocycles. The molecule has 0 saturated carbocycles. The third-order valence-corrected chi connectivity index (χ3v) is 5.22. The molecule has 1 aliphatic rings. The van der Waals surface area contributed by atoms with E-state index >= 15 is 0 Å². The number of fused-ring (bicyclic) bond motifs is 1. The van der Waals surface area contributed by atoms with E-state index in [0.29, 0.717) is 18.5 Å².